The molecule has 2 atom stereocenters. The molecule has 0 saturated carbocycles. The number of rotatable bonds is 11. The fourth-order valence-electron chi connectivity index (χ4n) is 7.25. The molecule has 6 rings (SSSR count). The van der Waals surface area contributed by atoms with Gasteiger partial charge in [0.05, 0.1) is 38.4 Å². The Balaban J connectivity index is 1.37. The van der Waals surface area contributed by atoms with Crippen LogP contribution in [0.4, 0.5) is 13.2 Å². The molecule has 48 heavy (non-hydrogen) atoms. The zero-order chi connectivity index (χ0) is 33.9. The average Bonchev–Trinajstić information content (AvgIpc) is 3.07. The van der Waals surface area contributed by atoms with Crippen LogP contribution in [0.1, 0.15) is 36.0 Å². The van der Waals surface area contributed by atoms with Gasteiger partial charge in [0.2, 0.25) is 17.7 Å². The van der Waals surface area contributed by atoms with Gasteiger partial charge in [0, 0.05) is 57.3 Å². The zero-order valence-electron chi connectivity index (χ0n) is 27.5. The Morgan fingerprint density at radius 3 is 2.12 bits per heavy atom. The molecule has 3 aliphatic heterocycles. The molecule has 0 spiro atoms. The summed E-state index contributed by atoms with van der Waals surface area (Å²) >= 11 is 0. The van der Waals surface area contributed by atoms with Gasteiger partial charge in [-0.15, -0.1) is 0 Å². The SMILES string of the molecule is CCC1(C(=O)N2CCN3[C@H](CN(Cc4c(OC)nc(OC)nc4OCC(F)(F)F)C[C@H]3C(c3ccccc3)c3ccccc3)C2)COC1. The van der Waals surface area contributed by atoms with E-state index in [2.05, 4.69) is 44.0 Å². The zero-order valence-corrected chi connectivity index (χ0v) is 27.5. The van der Waals surface area contributed by atoms with Crippen molar-refractivity contribution in [2.45, 2.75) is 44.1 Å². The number of fused-ring (bicyclic) bond motifs is 1. The maximum absolute atomic E-state index is 13.8. The van der Waals surface area contributed by atoms with Crippen LogP contribution in [-0.4, -0.2) is 116 Å². The van der Waals surface area contributed by atoms with Crippen molar-refractivity contribution in [3.05, 3.63) is 77.4 Å². The summed E-state index contributed by atoms with van der Waals surface area (Å²) in [6.07, 6.45) is -3.86. The molecule has 10 nitrogen and oxygen atoms in total. The highest BCUT2D eigenvalue weighted by molar-refractivity contribution is 5.84. The molecule has 0 aliphatic carbocycles. The first-order valence-corrected chi connectivity index (χ1v) is 16.3. The molecule has 2 aromatic carbocycles. The molecule has 258 valence electrons. The summed E-state index contributed by atoms with van der Waals surface area (Å²) in [5.74, 6) is -0.0544. The molecule has 3 fully saturated rings. The van der Waals surface area contributed by atoms with Crippen LogP contribution in [0.15, 0.2) is 60.7 Å². The van der Waals surface area contributed by atoms with E-state index in [1.165, 1.54) is 14.2 Å². The highest BCUT2D eigenvalue weighted by atomic mass is 19.4. The summed E-state index contributed by atoms with van der Waals surface area (Å²) < 4.78 is 61.3. The van der Waals surface area contributed by atoms with E-state index in [1.54, 1.807) is 0 Å². The van der Waals surface area contributed by atoms with Crippen molar-refractivity contribution in [3.63, 3.8) is 0 Å². The number of alkyl halides is 3. The molecule has 0 unspecified atom stereocenters. The van der Waals surface area contributed by atoms with Gasteiger partial charge in [-0.25, -0.2) is 0 Å². The van der Waals surface area contributed by atoms with Crippen LogP contribution in [-0.2, 0) is 16.1 Å². The Morgan fingerprint density at radius 1 is 0.938 bits per heavy atom. The summed E-state index contributed by atoms with van der Waals surface area (Å²) in [5, 5.41) is 0. The van der Waals surface area contributed by atoms with Gasteiger partial charge < -0.3 is 23.8 Å². The third-order valence-electron chi connectivity index (χ3n) is 9.79. The average molecular weight is 670 g/mol. The van der Waals surface area contributed by atoms with Crippen molar-refractivity contribution in [2.24, 2.45) is 5.41 Å². The smallest absolute Gasteiger partial charge is 0.422 e. The second-order valence-electron chi connectivity index (χ2n) is 12.7. The van der Waals surface area contributed by atoms with Crippen LogP contribution in [0.2, 0.25) is 0 Å². The number of aromatic nitrogens is 2. The number of hydrogen-bond acceptors (Lipinski definition) is 9. The van der Waals surface area contributed by atoms with E-state index < -0.39 is 18.2 Å². The summed E-state index contributed by atoms with van der Waals surface area (Å²) in [7, 11) is 2.73. The van der Waals surface area contributed by atoms with E-state index in [0.29, 0.717) is 57.9 Å². The number of carbonyl (C=O) groups excluding carboxylic acids is 1. The molecule has 3 saturated heterocycles. The van der Waals surface area contributed by atoms with Crippen molar-refractivity contribution in [2.75, 3.05) is 66.8 Å². The first kappa shape index (κ1) is 33.9. The fourth-order valence-corrected chi connectivity index (χ4v) is 7.25. The van der Waals surface area contributed by atoms with E-state index in [-0.39, 0.29) is 48.2 Å². The van der Waals surface area contributed by atoms with E-state index in [0.717, 1.165) is 11.1 Å². The molecule has 0 N–H and O–H groups in total. The number of piperazine rings is 2. The lowest BCUT2D eigenvalue weighted by Crippen LogP contribution is -2.69. The largest absolute Gasteiger partial charge is 0.481 e. The Bertz CT molecular complexity index is 1500. The normalized spacial score (nSPS) is 21.4. The molecule has 3 aromatic rings. The van der Waals surface area contributed by atoms with E-state index in [9.17, 15) is 18.0 Å². The summed E-state index contributed by atoms with van der Waals surface area (Å²) in [6, 6.07) is 20.5. The fraction of sp³-hybridized carbons (Fsp3) is 0.514. The molecule has 0 bridgehead atoms. The van der Waals surface area contributed by atoms with Gasteiger partial charge in [0.25, 0.3) is 0 Å². The highest BCUT2D eigenvalue weighted by Gasteiger charge is 2.49. The van der Waals surface area contributed by atoms with Crippen LogP contribution < -0.4 is 14.2 Å². The topological polar surface area (TPSA) is 89.5 Å². The lowest BCUT2D eigenvalue weighted by Gasteiger charge is -2.55. The van der Waals surface area contributed by atoms with Crippen LogP contribution in [0.5, 0.6) is 17.8 Å². The third kappa shape index (κ3) is 7.08. The molecule has 1 aromatic heterocycles. The van der Waals surface area contributed by atoms with E-state index in [4.69, 9.17) is 18.9 Å². The number of halogens is 3. The second-order valence-corrected chi connectivity index (χ2v) is 12.7. The monoisotopic (exact) mass is 669 g/mol. The molecule has 4 heterocycles. The standard InChI is InChI=1S/C35H42F3N5O5/c1-4-34(21-47-22-34)32(44)42-15-16-43-26(18-42)17-41(19-27-30(45-2)39-33(46-3)40-31(27)48-23-35(36,37)38)20-28(43)29(24-11-7-5-8-12-24)25-13-9-6-10-14-25/h5-14,26,28-29H,4,15-23H2,1-3H3/t26-,28+/m1/s1. The molecule has 13 heteroatoms. The van der Waals surface area contributed by atoms with Crippen molar-refractivity contribution in [1.29, 1.82) is 0 Å². The lowest BCUT2D eigenvalue weighted by atomic mass is 9.80. The highest BCUT2D eigenvalue weighted by Crippen LogP contribution is 2.39. The molecular weight excluding hydrogens is 627 g/mol. The Hall–Kier alpha value is -3.94. The number of ether oxygens (including phenoxy) is 4. The van der Waals surface area contributed by atoms with Gasteiger partial charge in [-0.1, -0.05) is 67.6 Å². The van der Waals surface area contributed by atoms with E-state index >= 15 is 0 Å². The maximum atomic E-state index is 13.8. The van der Waals surface area contributed by atoms with Crippen molar-refractivity contribution in [1.82, 2.24) is 24.7 Å². The van der Waals surface area contributed by atoms with E-state index in [1.807, 2.05) is 48.2 Å². The quantitative estimate of drug-likeness (QED) is 0.295. The minimum Gasteiger partial charge on any atom is -0.481 e. The van der Waals surface area contributed by atoms with Crippen molar-refractivity contribution < 1.29 is 36.9 Å². The van der Waals surface area contributed by atoms with Gasteiger partial charge in [0.1, 0.15) is 0 Å². The van der Waals surface area contributed by atoms with Gasteiger partial charge in [-0.2, -0.15) is 23.1 Å². The predicted molar refractivity (Wildman–Crippen MR) is 171 cm³/mol. The second kappa shape index (κ2) is 14.3. The van der Waals surface area contributed by atoms with Crippen molar-refractivity contribution in [3.8, 4) is 17.8 Å². The summed E-state index contributed by atoms with van der Waals surface area (Å²) in [6.45, 7) is 4.51. The number of nitrogens with zero attached hydrogens (tertiary/aromatic N) is 5. The van der Waals surface area contributed by atoms with Gasteiger partial charge in [-0.3, -0.25) is 14.6 Å². The number of hydrogen-bond donors (Lipinski definition) is 0. The third-order valence-corrected chi connectivity index (χ3v) is 9.79. The maximum Gasteiger partial charge on any atom is 0.422 e. The minimum atomic E-state index is -4.57. The summed E-state index contributed by atoms with van der Waals surface area (Å²) in [4.78, 5) is 29.0. The first-order valence-electron chi connectivity index (χ1n) is 16.3. The van der Waals surface area contributed by atoms with Crippen LogP contribution in [0.3, 0.4) is 0 Å². The van der Waals surface area contributed by atoms with Crippen LogP contribution >= 0.6 is 0 Å². The number of carbonyl (C=O) groups is 1. The van der Waals surface area contributed by atoms with Gasteiger partial charge in [0.15, 0.2) is 6.61 Å². The Kier molecular flexibility index (Phi) is 10.1. The molecule has 0 radical (unpaired) electrons. The molecular formula is C35H42F3N5O5. The van der Waals surface area contributed by atoms with Crippen LogP contribution in [0.25, 0.3) is 0 Å². The Morgan fingerprint density at radius 2 is 1.58 bits per heavy atom. The predicted octanol–water partition coefficient (Wildman–Crippen LogP) is 4.39. The minimum absolute atomic E-state index is 0.0167. The summed E-state index contributed by atoms with van der Waals surface area (Å²) in [5.41, 5.74) is 2.13. The number of amides is 1. The van der Waals surface area contributed by atoms with Gasteiger partial charge >= 0.3 is 12.2 Å². The lowest BCUT2D eigenvalue weighted by molar-refractivity contribution is -0.177. The van der Waals surface area contributed by atoms with Crippen molar-refractivity contribution >= 4 is 5.91 Å². The number of methoxy groups -OCH3 is 2. The molecule has 3 aliphatic rings. The van der Waals surface area contributed by atoms with Crippen LogP contribution in [0, 0.1) is 5.41 Å². The first-order chi connectivity index (χ1) is 23.1. The molecule has 1 amide bonds. The Labute approximate surface area is 278 Å². The van der Waals surface area contributed by atoms with Gasteiger partial charge in [-0.05, 0) is 17.5 Å². The number of benzene rings is 2.